The Balaban J connectivity index is 1.31. The van der Waals surface area contributed by atoms with E-state index in [1.165, 1.54) is 0 Å². The van der Waals surface area contributed by atoms with Gasteiger partial charge in [-0.25, -0.2) is 0 Å². The molecule has 5 aliphatic heterocycles. The van der Waals surface area contributed by atoms with Crippen LogP contribution in [0.5, 0.6) is 0 Å². The van der Waals surface area contributed by atoms with Gasteiger partial charge in [-0.1, -0.05) is 55.4 Å². The molecule has 5 aliphatic rings. The molecule has 0 aromatic heterocycles. The fourth-order valence-electron chi connectivity index (χ4n) is 10.5. The Hall–Kier alpha value is -1.44. The Morgan fingerprint density at radius 2 is 1.57 bits per heavy atom. The molecule has 53 heavy (non-hydrogen) atoms. The minimum atomic E-state index is -1.37. The predicted octanol–water partition coefficient (Wildman–Crippen LogP) is 6.19. The highest BCUT2D eigenvalue weighted by molar-refractivity contribution is 5.84. The topological polar surface area (TPSA) is 161 Å². The van der Waals surface area contributed by atoms with Crippen LogP contribution in [0, 0.1) is 41.4 Å². The van der Waals surface area contributed by atoms with Crippen LogP contribution in [0.2, 0.25) is 0 Å². The number of carboxylic acid groups (broad SMARTS) is 1. The van der Waals surface area contributed by atoms with E-state index in [9.17, 15) is 30.0 Å². The van der Waals surface area contributed by atoms with Crippen molar-refractivity contribution < 1.29 is 53.7 Å². The molecule has 4 saturated heterocycles. The van der Waals surface area contributed by atoms with Gasteiger partial charge in [0.1, 0.15) is 11.9 Å². The summed E-state index contributed by atoms with van der Waals surface area (Å²) in [5.74, 6) is -5.78. The highest BCUT2D eigenvalue weighted by Gasteiger charge is 2.63. The highest BCUT2D eigenvalue weighted by atomic mass is 16.8. The molecule has 11 heteroatoms. The van der Waals surface area contributed by atoms with Gasteiger partial charge in [0.05, 0.1) is 53.7 Å². The molecule has 1 unspecified atom stereocenters. The van der Waals surface area contributed by atoms with Gasteiger partial charge in [-0.2, -0.15) is 0 Å². The van der Waals surface area contributed by atoms with Crippen molar-refractivity contribution in [3.05, 3.63) is 12.2 Å². The number of ketones is 1. The summed E-state index contributed by atoms with van der Waals surface area (Å²) in [5, 5.41) is 44.0. The third kappa shape index (κ3) is 7.94. The number of ether oxygens (including phenoxy) is 5. The van der Waals surface area contributed by atoms with Gasteiger partial charge >= 0.3 is 5.97 Å². The van der Waals surface area contributed by atoms with E-state index in [0.717, 1.165) is 6.42 Å². The average Bonchev–Trinajstić information content (AvgIpc) is 3.47. The van der Waals surface area contributed by atoms with Crippen LogP contribution in [0.3, 0.4) is 0 Å². The van der Waals surface area contributed by atoms with Crippen molar-refractivity contribution in [3.63, 3.8) is 0 Å². The summed E-state index contributed by atoms with van der Waals surface area (Å²) in [6.45, 7) is 19.6. The van der Waals surface area contributed by atoms with Crippen LogP contribution in [0.1, 0.15) is 133 Å². The molecule has 0 bridgehead atoms. The first kappa shape index (κ1) is 42.7. The van der Waals surface area contributed by atoms with Crippen molar-refractivity contribution in [2.24, 2.45) is 41.4 Å². The molecule has 18 atom stereocenters. The molecule has 4 fully saturated rings. The molecule has 0 radical (unpaired) electrons. The summed E-state index contributed by atoms with van der Waals surface area (Å²) < 4.78 is 33.5. The second-order valence-corrected chi connectivity index (χ2v) is 17.9. The third-order valence-corrected chi connectivity index (χ3v) is 14.4. The Morgan fingerprint density at radius 3 is 2.17 bits per heavy atom. The van der Waals surface area contributed by atoms with Crippen LogP contribution < -0.4 is 0 Å². The lowest BCUT2D eigenvalue weighted by atomic mass is 9.72. The maximum atomic E-state index is 14.4. The minimum Gasteiger partial charge on any atom is -0.481 e. The Labute approximate surface area is 317 Å². The molecular formula is C42H70O11. The summed E-state index contributed by atoms with van der Waals surface area (Å²) in [4.78, 5) is 26.4. The number of rotatable bonds is 12. The number of hydrogen-bond donors (Lipinski definition) is 4. The minimum absolute atomic E-state index is 0.0137. The van der Waals surface area contributed by atoms with Gasteiger partial charge < -0.3 is 44.1 Å². The summed E-state index contributed by atoms with van der Waals surface area (Å²) in [7, 11) is 0. The number of carbonyl (C=O) groups excluding carboxylic acids is 1. The molecule has 0 aliphatic carbocycles. The van der Waals surface area contributed by atoms with Crippen LogP contribution in [-0.2, 0) is 33.3 Å². The van der Waals surface area contributed by atoms with Gasteiger partial charge in [0.15, 0.2) is 5.79 Å². The lowest BCUT2D eigenvalue weighted by molar-refractivity contribution is -0.409. The number of carboxylic acids is 1. The standard InChI is InChI=1S/C42H70O11/c1-11-29(38(46)47)31-15-14-23(4)36(50-31)27(8)34(44)26(7)35(45)30(12-2)37-24(5)22-25(6)41(51-37)19-16-32(43)42(53-41)21-20-39(10,52-42)33-17-18-40(48,13-3)28(9)49-33/h16,19,23-34,36-37,43-44,48H,11-15,17-18,20-22H2,1-10H3,(H,46,47)/t23-,24-,25-,26-,27-,28+,29-,30-,31-,32-,33?,34-,36-,37+,39+,40-,41+,42+/m1/s1. The Bertz CT molecular complexity index is 1320. The molecule has 11 nitrogen and oxygen atoms in total. The van der Waals surface area contributed by atoms with E-state index in [2.05, 4.69) is 20.8 Å². The molecule has 304 valence electrons. The van der Waals surface area contributed by atoms with Crippen LogP contribution in [0.25, 0.3) is 0 Å². The van der Waals surface area contributed by atoms with Crippen molar-refractivity contribution in [1.82, 2.24) is 0 Å². The highest BCUT2D eigenvalue weighted by Crippen LogP contribution is 2.54. The van der Waals surface area contributed by atoms with Crippen LogP contribution >= 0.6 is 0 Å². The molecule has 5 rings (SSSR count). The van der Waals surface area contributed by atoms with E-state index >= 15 is 0 Å². The largest absolute Gasteiger partial charge is 0.481 e. The maximum absolute atomic E-state index is 14.4. The third-order valence-electron chi connectivity index (χ3n) is 14.4. The van der Waals surface area contributed by atoms with Gasteiger partial charge in [-0.15, -0.1) is 0 Å². The van der Waals surface area contributed by atoms with Crippen molar-refractivity contribution in [2.45, 2.75) is 199 Å². The normalized spacial score (nSPS) is 46.2. The first-order valence-electron chi connectivity index (χ1n) is 20.7. The summed E-state index contributed by atoms with van der Waals surface area (Å²) in [5.41, 5.74) is -1.63. The first-order valence-corrected chi connectivity index (χ1v) is 20.7. The number of aliphatic carboxylic acids is 1. The molecule has 4 N–H and O–H groups in total. The van der Waals surface area contributed by atoms with Gasteiger partial charge in [0, 0.05) is 30.1 Å². The molecule has 0 amide bonds. The van der Waals surface area contributed by atoms with E-state index in [-0.39, 0.29) is 41.8 Å². The number of carbonyl (C=O) groups is 2. The molecule has 0 aromatic carbocycles. The first-order chi connectivity index (χ1) is 24.8. The molecule has 0 aromatic rings. The van der Waals surface area contributed by atoms with Gasteiger partial charge in [0.2, 0.25) is 5.79 Å². The van der Waals surface area contributed by atoms with Crippen LogP contribution in [0.15, 0.2) is 12.2 Å². The van der Waals surface area contributed by atoms with Crippen molar-refractivity contribution in [2.75, 3.05) is 0 Å². The Kier molecular flexibility index (Phi) is 13.0. The van der Waals surface area contributed by atoms with Crippen molar-refractivity contribution in [3.8, 4) is 0 Å². The monoisotopic (exact) mass is 750 g/mol. The molecular weight excluding hydrogens is 680 g/mol. The molecule has 0 saturated carbocycles. The van der Waals surface area contributed by atoms with Crippen molar-refractivity contribution >= 4 is 11.8 Å². The van der Waals surface area contributed by atoms with Gasteiger partial charge in [-0.3, -0.25) is 9.59 Å². The second kappa shape index (κ2) is 16.2. The maximum Gasteiger partial charge on any atom is 0.309 e. The molecule has 2 spiro atoms. The average molecular weight is 751 g/mol. The number of Topliss-reactive ketones (excluding diaryl/α,β-unsaturated/α-hetero) is 1. The zero-order valence-corrected chi connectivity index (χ0v) is 34.0. The van der Waals surface area contributed by atoms with Crippen LogP contribution in [-0.4, -0.2) is 97.7 Å². The van der Waals surface area contributed by atoms with E-state index in [0.29, 0.717) is 57.8 Å². The summed E-state index contributed by atoms with van der Waals surface area (Å²) in [6, 6.07) is 0. The SMILES string of the molecule is CC[C@H](C(=O)[C@H](C)[C@@H](O)[C@@H](C)[C@@H]1O[C@@H]([C@@H](CC)C(=O)O)CC[C@H]1C)[C@H]1O[C@]2(C=C[C@@H](O)[C@]3(CC[C@@](C)(C4CC[C@](O)(CC)[C@H](C)O4)O3)O2)[C@H](C)C[C@H]1C. The predicted molar refractivity (Wildman–Crippen MR) is 199 cm³/mol. The number of hydrogen-bond acceptors (Lipinski definition) is 10. The van der Waals surface area contributed by atoms with E-state index < -0.39 is 76.8 Å². The van der Waals surface area contributed by atoms with Gasteiger partial charge in [0.25, 0.3) is 0 Å². The van der Waals surface area contributed by atoms with Gasteiger partial charge in [-0.05, 0) is 95.6 Å². The fraction of sp³-hybridized carbons (Fsp3) is 0.905. The lowest BCUT2D eigenvalue weighted by Gasteiger charge is -2.54. The van der Waals surface area contributed by atoms with E-state index in [4.69, 9.17) is 23.7 Å². The fourth-order valence-corrected chi connectivity index (χ4v) is 10.5. The zero-order valence-electron chi connectivity index (χ0n) is 34.0. The Morgan fingerprint density at radius 1 is 0.887 bits per heavy atom. The second-order valence-electron chi connectivity index (χ2n) is 17.9. The lowest BCUT2D eigenvalue weighted by Crippen LogP contribution is -2.63. The summed E-state index contributed by atoms with van der Waals surface area (Å²) in [6.07, 6.45) is 5.51. The number of aliphatic hydroxyl groups excluding tert-OH is 2. The number of aliphatic hydroxyl groups is 3. The van der Waals surface area contributed by atoms with Crippen LogP contribution in [0.4, 0.5) is 0 Å². The van der Waals surface area contributed by atoms with Crippen molar-refractivity contribution in [1.29, 1.82) is 0 Å². The summed E-state index contributed by atoms with van der Waals surface area (Å²) >= 11 is 0. The smallest absolute Gasteiger partial charge is 0.309 e. The zero-order chi connectivity index (χ0) is 39.3. The quantitative estimate of drug-likeness (QED) is 0.169. The van der Waals surface area contributed by atoms with E-state index in [1.54, 1.807) is 19.1 Å². The van der Waals surface area contributed by atoms with E-state index in [1.807, 2.05) is 41.5 Å². The molecule has 5 heterocycles.